The Hall–Kier alpha value is -3.71. The zero-order chi connectivity index (χ0) is 22.1. The molecule has 0 spiro atoms. The van der Waals surface area contributed by atoms with E-state index in [9.17, 15) is 14.0 Å². The average Bonchev–Trinajstić information content (AvgIpc) is 2.78. The van der Waals surface area contributed by atoms with Crippen molar-refractivity contribution in [2.75, 3.05) is 6.54 Å². The van der Waals surface area contributed by atoms with Crippen molar-refractivity contribution in [2.45, 2.75) is 6.61 Å². The van der Waals surface area contributed by atoms with E-state index in [1.807, 2.05) is 24.3 Å². The first kappa shape index (κ1) is 22.0. The van der Waals surface area contributed by atoms with Crippen molar-refractivity contribution in [3.8, 4) is 5.75 Å². The molecule has 0 aromatic heterocycles. The van der Waals surface area contributed by atoms with Crippen molar-refractivity contribution in [3.05, 3.63) is 100 Å². The Bertz CT molecular complexity index is 1070. The van der Waals surface area contributed by atoms with Gasteiger partial charge in [-0.15, -0.1) is 0 Å². The summed E-state index contributed by atoms with van der Waals surface area (Å²) in [4.78, 5) is 23.7. The maximum Gasteiger partial charge on any atom is 0.259 e. The number of hydrogen-bond donors (Lipinski definition) is 2. The van der Waals surface area contributed by atoms with Gasteiger partial charge in [0, 0.05) is 10.6 Å². The Morgan fingerprint density at radius 3 is 2.52 bits per heavy atom. The second kappa shape index (κ2) is 10.9. The molecule has 158 valence electrons. The normalized spacial score (nSPS) is 10.6. The molecule has 8 heteroatoms. The summed E-state index contributed by atoms with van der Waals surface area (Å²) >= 11 is 5.87. The SMILES string of the molecule is O=C(CNC(=O)c1ccc(F)cc1)N/N=C\c1cccc(OCc2ccc(Cl)cc2)c1. The van der Waals surface area contributed by atoms with Crippen LogP contribution in [0.3, 0.4) is 0 Å². The lowest BCUT2D eigenvalue weighted by Gasteiger charge is -2.07. The number of rotatable bonds is 8. The fourth-order valence-electron chi connectivity index (χ4n) is 2.51. The van der Waals surface area contributed by atoms with E-state index < -0.39 is 17.6 Å². The lowest BCUT2D eigenvalue weighted by atomic mass is 10.2. The number of hydrogen-bond acceptors (Lipinski definition) is 4. The van der Waals surface area contributed by atoms with Crippen LogP contribution in [0.1, 0.15) is 21.5 Å². The molecule has 2 amide bonds. The van der Waals surface area contributed by atoms with E-state index in [4.69, 9.17) is 16.3 Å². The van der Waals surface area contributed by atoms with Crippen molar-refractivity contribution >= 4 is 29.6 Å². The van der Waals surface area contributed by atoms with Gasteiger partial charge in [0.05, 0.1) is 12.8 Å². The van der Waals surface area contributed by atoms with Crippen LogP contribution in [0.2, 0.25) is 5.02 Å². The van der Waals surface area contributed by atoms with Crippen molar-refractivity contribution in [3.63, 3.8) is 0 Å². The van der Waals surface area contributed by atoms with Gasteiger partial charge in [-0.05, 0) is 59.7 Å². The van der Waals surface area contributed by atoms with Gasteiger partial charge in [0.1, 0.15) is 18.2 Å². The van der Waals surface area contributed by atoms with Crippen LogP contribution in [-0.4, -0.2) is 24.6 Å². The Kier molecular flexibility index (Phi) is 7.73. The van der Waals surface area contributed by atoms with Gasteiger partial charge >= 0.3 is 0 Å². The lowest BCUT2D eigenvalue weighted by Crippen LogP contribution is -2.34. The van der Waals surface area contributed by atoms with Gasteiger partial charge in [0.25, 0.3) is 11.8 Å². The summed E-state index contributed by atoms with van der Waals surface area (Å²) in [6.45, 7) is 0.125. The molecule has 3 aromatic carbocycles. The summed E-state index contributed by atoms with van der Waals surface area (Å²) in [6.07, 6.45) is 1.47. The Morgan fingerprint density at radius 2 is 1.77 bits per heavy atom. The third kappa shape index (κ3) is 7.24. The molecule has 0 aliphatic rings. The maximum atomic E-state index is 12.9. The van der Waals surface area contributed by atoms with Gasteiger partial charge in [0.15, 0.2) is 0 Å². The summed E-state index contributed by atoms with van der Waals surface area (Å²) in [5, 5.41) is 6.98. The topological polar surface area (TPSA) is 79.8 Å². The van der Waals surface area contributed by atoms with Gasteiger partial charge in [-0.1, -0.05) is 35.9 Å². The number of ether oxygens (including phenoxy) is 1. The molecule has 0 fully saturated rings. The number of carbonyl (C=O) groups excluding carboxylic acids is 2. The first-order valence-corrected chi connectivity index (χ1v) is 9.70. The third-order valence-electron chi connectivity index (χ3n) is 4.10. The Labute approximate surface area is 183 Å². The van der Waals surface area contributed by atoms with Crippen molar-refractivity contribution < 1.29 is 18.7 Å². The second-order valence-corrected chi connectivity index (χ2v) is 6.91. The minimum absolute atomic E-state index is 0.258. The molecule has 0 atom stereocenters. The molecule has 0 aliphatic heterocycles. The predicted molar refractivity (Wildman–Crippen MR) is 117 cm³/mol. The summed E-state index contributed by atoms with van der Waals surface area (Å²) in [6, 6.07) is 19.6. The minimum atomic E-state index is -0.498. The maximum absolute atomic E-state index is 12.9. The number of nitrogens with zero attached hydrogens (tertiary/aromatic N) is 1. The summed E-state index contributed by atoms with van der Waals surface area (Å²) in [5.74, 6) is -0.772. The van der Waals surface area contributed by atoms with Crippen LogP contribution in [0.5, 0.6) is 5.75 Å². The molecule has 2 N–H and O–H groups in total. The molecule has 6 nitrogen and oxygen atoms in total. The standard InChI is InChI=1S/C23H19ClFN3O3/c24-19-8-4-16(5-9-19)15-31-21-3-1-2-17(12-21)13-27-28-22(29)14-26-23(30)18-6-10-20(25)11-7-18/h1-13H,14-15H2,(H,26,30)(H,28,29)/b27-13-. The fourth-order valence-corrected chi connectivity index (χ4v) is 2.64. The van der Waals surface area contributed by atoms with Crippen LogP contribution in [0.25, 0.3) is 0 Å². The number of amides is 2. The van der Waals surface area contributed by atoms with E-state index in [2.05, 4.69) is 15.8 Å². The second-order valence-electron chi connectivity index (χ2n) is 6.47. The van der Waals surface area contributed by atoms with Crippen molar-refractivity contribution in [2.24, 2.45) is 5.10 Å². The predicted octanol–water partition coefficient (Wildman–Crippen LogP) is 3.94. The smallest absolute Gasteiger partial charge is 0.259 e. The highest BCUT2D eigenvalue weighted by Crippen LogP contribution is 2.15. The zero-order valence-electron chi connectivity index (χ0n) is 16.3. The number of nitrogens with one attached hydrogen (secondary N) is 2. The lowest BCUT2D eigenvalue weighted by molar-refractivity contribution is -0.120. The van der Waals surface area contributed by atoms with Gasteiger partial charge in [-0.2, -0.15) is 5.10 Å². The molecule has 0 saturated heterocycles. The highest BCUT2D eigenvalue weighted by Gasteiger charge is 2.07. The van der Waals surface area contributed by atoms with Crippen LogP contribution in [-0.2, 0) is 11.4 Å². The van der Waals surface area contributed by atoms with Crippen molar-refractivity contribution in [1.82, 2.24) is 10.7 Å². The van der Waals surface area contributed by atoms with Crippen LogP contribution in [0.4, 0.5) is 4.39 Å². The van der Waals surface area contributed by atoms with Gasteiger partial charge in [-0.25, -0.2) is 9.82 Å². The summed E-state index contributed by atoms with van der Waals surface area (Å²) in [7, 11) is 0. The first-order valence-electron chi connectivity index (χ1n) is 9.32. The first-order chi connectivity index (χ1) is 15.0. The average molecular weight is 440 g/mol. The number of halogens is 2. The molecular formula is C23H19ClFN3O3. The van der Waals surface area contributed by atoms with Crippen LogP contribution in [0, 0.1) is 5.82 Å². The fraction of sp³-hybridized carbons (Fsp3) is 0.0870. The Morgan fingerprint density at radius 1 is 1.03 bits per heavy atom. The van der Waals surface area contributed by atoms with E-state index in [0.29, 0.717) is 17.4 Å². The molecule has 0 unspecified atom stereocenters. The van der Waals surface area contributed by atoms with Gasteiger partial charge in [0.2, 0.25) is 0 Å². The zero-order valence-corrected chi connectivity index (χ0v) is 17.1. The van der Waals surface area contributed by atoms with Gasteiger partial charge in [-0.3, -0.25) is 9.59 Å². The molecule has 0 aliphatic carbocycles. The van der Waals surface area contributed by atoms with E-state index in [-0.39, 0.29) is 12.1 Å². The number of carbonyl (C=O) groups is 2. The molecule has 3 aromatic rings. The molecule has 0 radical (unpaired) electrons. The monoisotopic (exact) mass is 439 g/mol. The molecular weight excluding hydrogens is 421 g/mol. The largest absolute Gasteiger partial charge is 0.489 e. The molecule has 31 heavy (non-hydrogen) atoms. The van der Waals surface area contributed by atoms with Crippen LogP contribution < -0.4 is 15.5 Å². The number of hydrazone groups is 1. The number of benzene rings is 3. The molecule has 0 saturated carbocycles. The Balaban J connectivity index is 1.45. The van der Waals surface area contributed by atoms with Crippen LogP contribution in [0.15, 0.2) is 77.9 Å². The summed E-state index contributed by atoms with van der Waals surface area (Å²) < 4.78 is 18.6. The van der Waals surface area contributed by atoms with Gasteiger partial charge < -0.3 is 10.1 Å². The van der Waals surface area contributed by atoms with Crippen molar-refractivity contribution in [1.29, 1.82) is 0 Å². The molecule has 3 rings (SSSR count). The quantitative estimate of drug-likeness (QED) is 0.412. The van der Waals surface area contributed by atoms with E-state index in [1.165, 1.54) is 30.5 Å². The molecule has 0 bridgehead atoms. The van der Waals surface area contributed by atoms with E-state index in [1.54, 1.807) is 24.3 Å². The minimum Gasteiger partial charge on any atom is -0.489 e. The van der Waals surface area contributed by atoms with Crippen LogP contribution >= 0.6 is 11.6 Å². The summed E-state index contributed by atoms with van der Waals surface area (Å²) in [5.41, 5.74) is 4.30. The highest BCUT2D eigenvalue weighted by molar-refractivity contribution is 6.30. The van der Waals surface area contributed by atoms with E-state index in [0.717, 1.165) is 11.1 Å². The van der Waals surface area contributed by atoms with E-state index >= 15 is 0 Å². The highest BCUT2D eigenvalue weighted by atomic mass is 35.5. The molecule has 0 heterocycles. The third-order valence-corrected chi connectivity index (χ3v) is 4.35.